The normalized spacial score (nSPS) is 17.5. The number of aliphatic carboxylic acids is 3. The molecular formula is C22H29GdN4O8. The SMILES string of the molecule is O=C([O-])CN1CCN(CC(=O)[O-])CCN(Cc2ccc(C(=O)O)cc2)CCN(CC(=O)[O-])CC1.[Gd+3]. The van der Waals surface area contributed by atoms with Crippen LogP contribution in [0.3, 0.4) is 0 Å². The molecule has 1 heterocycles. The third-order valence-electron chi connectivity index (χ3n) is 5.60. The van der Waals surface area contributed by atoms with Crippen molar-refractivity contribution in [2.45, 2.75) is 6.54 Å². The van der Waals surface area contributed by atoms with Gasteiger partial charge in [0.25, 0.3) is 0 Å². The molecule has 0 atom stereocenters. The van der Waals surface area contributed by atoms with E-state index < -0.39 is 23.9 Å². The second-order valence-electron chi connectivity index (χ2n) is 8.22. The number of carbonyl (C=O) groups is 4. The molecule has 1 N–H and O–H groups in total. The molecule has 1 aromatic carbocycles. The molecule has 0 aliphatic carbocycles. The largest absolute Gasteiger partial charge is 3.00 e. The Morgan fingerprint density at radius 3 is 1.23 bits per heavy atom. The molecule has 1 aromatic rings. The van der Waals surface area contributed by atoms with Crippen molar-refractivity contribution in [2.75, 3.05) is 72.0 Å². The zero-order chi connectivity index (χ0) is 25.1. The smallest absolute Gasteiger partial charge is 0.549 e. The molecule has 0 spiro atoms. The van der Waals surface area contributed by atoms with Gasteiger partial charge >= 0.3 is 45.9 Å². The van der Waals surface area contributed by atoms with Crippen LogP contribution in [0.4, 0.5) is 0 Å². The number of hydrogen-bond donors (Lipinski definition) is 1. The van der Waals surface area contributed by atoms with E-state index in [1.165, 1.54) is 12.1 Å². The molecule has 2 rings (SSSR count). The standard InChI is InChI=1S/C22H32N4O8.Gd/c27-19(28)14-24-7-5-23(13-17-1-3-18(4-2-17)22(33)34)6-8-25(15-20(29)30)10-12-26(11-9-24)16-21(31)32;/h1-4H,5-16H2,(H,27,28)(H,29,30)(H,31,32)(H,33,34);/q;+3/p-3. The summed E-state index contributed by atoms with van der Waals surface area (Å²) < 4.78 is 0. The summed E-state index contributed by atoms with van der Waals surface area (Å²) in [7, 11) is 0. The van der Waals surface area contributed by atoms with E-state index in [4.69, 9.17) is 5.11 Å². The summed E-state index contributed by atoms with van der Waals surface area (Å²) in [5.41, 5.74) is 1.02. The topological polar surface area (TPSA) is 171 Å². The van der Waals surface area contributed by atoms with Crippen molar-refractivity contribution < 1.29 is 79.5 Å². The minimum absolute atomic E-state index is 0. The molecule has 35 heavy (non-hydrogen) atoms. The predicted molar refractivity (Wildman–Crippen MR) is 113 cm³/mol. The monoisotopic (exact) mass is 635 g/mol. The zero-order valence-electron chi connectivity index (χ0n) is 19.2. The van der Waals surface area contributed by atoms with Gasteiger partial charge in [-0.2, -0.15) is 0 Å². The quantitative estimate of drug-likeness (QED) is 0.276. The Hall–Kier alpha value is -1.74. The number of aromatic carboxylic acids is 1. The second kappa shape index (κ2) is 16.1. The Morgan fingerprint density at radius 1 is 0.629 bits per heavy atom. The minimum Gasteiger partial charge on any atom is -0.549 e. The van der Waals surface area contributed by atoms with Crippen LogP contribution in [0.5, 0.6) is 0 Å². The summed E-state index contributed by atoms with van der Waals surface area (Å²) in [5, 5.41) is 42.6. The fraction of sp³-hybridized carbons (Fsp3) is 0.545. The van der Waals surface area contributed by atoms with E-state index in [0.717, 1.165) is 5.56 Å². The Labute approximate surface area is 235 Å². The minimum atomic E-state index is -1.27. The van der Waals surface area contributed by atoms with Crippen molar-refractivity contribution >= 4 is 23.9 Å². The van der Waals surface area contributed by atoms with Crippen LogP contribution in [0, 0.1) is 39.9 Å². The maximum absolute atomic E-state index is 11.2. The van der Waals surface area contributed by atoms with Gasteiger partial charge in [-0.1, -0.05) is 12.1 Å². The molecule has 0 amide bonds. The van der Waals surface area contributed by atoms with E-state index in [0.29, 0.717) is 32.7 Å². The molecule has 1 fully saturated rings. The Balaban J connectivity index is 0.00000612. The summed E-state index contributed by atoms with van der Waals surface area (Å²) in [4.78, 5) is 51.5. The Morgan fingerprint density at radius 2 is 0.943 bits per heavy atom. The van der Waals surface area contributed by atoms with E-state index in [1.54, 1.807) is 26.8 Å². The average Bonchev–Trinajstić information content (AvgIpc) is 2.74. The van der Waals surface area contributed by atoms with E-state index in [1.807, 2.05) is 4.90 Å². The maximum atomic E-state index is 11.2. The second-order valence-corrected chi connectivity index (χ2v) is 8.22. The first kappa shape index (κ1) is 31.3. The molecule has 0 unspecified atom stereocenters. The average molecular weight is 635 g/mol. The van der Waals surface area contributed by atoms with Crippen molar-refractivity contribution in [1.29, 1.82) is 0 Å². The molecule has 13 heteroatoms. The van der Waals surface area contributed by atoms with E-state index >= 15 is 0 Å². The molecule has 1 saturated heterocycles. The number of carboxylic acid groups (broad SMARTS) is 4. The van der Waals surface area contributed by atoms with E-state index in [2.05, 4.69) is 0 Å². The van der Waals surface area contributed by atoms with Gasteiger partial charge in [0.1, 0.15) is 0 Å². The first-order valence-corrected chi connectivity index (χ1v) is 10.9. The third kappa shape index (κ3) is 12.7. The third-order valence-corrected chi connectivity index (χ3v) is 5.60. The number of carboxylic acids is 4. The molecule has 0 aromatic heterocycles. The number of carbonyl (C=O) groups excluding carboxylic acids is 3. The molecule has 0 bridgehead atoms. The summed E-state index contributed by atoms with van der Waals surface area (Å²) in [6, 6.07) is 6.42. The Kier molecular flexibility index (Phi) is 14.4. The van der Waals surface area contributed by atoms with Crippen molar-refractivity contribution in [3.63, 3.8) is 0 Å². The molecule has 0 saturated carbocycles. The summed E-state index contributed by atoms with van der Waals surface area (Å²) in [6.07, 6.45) is 0. The first-order chi connectivity index (χ1) is 16.1. The van der Waals surface area contributed by atoms with E-state index in [-0.39, 0.29) is 91.3 Å². The van der Waals surface area contributed by atoms with Gasteiger partial charge in [0, 0.05) is 78.5 Å². The summed E-state index contributed by atoms with van der Waals surface area (Å²) in [6.45, 7) is 2.20. The van der Waals surface area contributed by atoms with Crippen LogP contribution in [-0.4, -0.2) is 121 Å². The predicted octanol–water partition coefficient (Wildman–Crippen LogP) is -4.64. The number of rotatable bonds is 9. The van der Waals surface area contributed by atoms with Gasteiger partial charge in [-0.05, 0) is 17.7 Å². The van der Waals surface area contributed by atoms with Crippen LogP contribution >= 0.6 is 0 Å². The molecule has 193 valence electrons. The van der Waals surface area contributed by atoms with Crippen LogP contribution in [-0.2, 0) is 20.9 Å². The fourth-order valence-corrected chi connectivity index (χ4v) is 3.77. The van der Waals surface area contributed by atoms with Gasteiger partial charge in [0.05, 0.1) is 23.5 Å². The molecule has 12 nitrogen and oxygen atoms in total. The molecule has 1 radical (unpaired) electrons. The van der Waals surface area contributed by atoms with Gasteiger partial charge in [-0.15, -0.1) is 0 Å². The van der Waals surface area contributed by atoms with Crippen LogP contribution in [0.1, 0.15) is 15.9 Å². The number of hydrogen-bond acceptors (Lipinski definition) is 11. The van der Waals surface area contributed by atoms with Crippen molar-refractivity contribution in [3.8, 4) is 0 Å². The van der Waals surface area contributed by atoms with Gasteiger partial charge in [-0.3, -0.25) is 19.6 Å². The Bertz CT molecular complexity index is 822. The van der Waals surface area contributed by atoms with Gasteiger partial charge in [0.2, 0.25) is 0 Å². The van der Waals surface area contributed by atoms with Gasteiger partial charge in [0.15, 0.2) is 0 Å². The molecule has 1 aliphatic rings. The zero-order valence-corrected chi connectivity index (χ0v) is 21.5. The molecular weight excluding hydrogens is 606 g/mol. The van der Waals surface area contributed by atoms with Crippen molar-refractivity contribution in [3.05, 3.63) is 35.4 Å². The van der Waals surface area contributed by atoms with Crippen LogP contribution in [0.2, 0.25) is 0 Å². The van der Waals surface area contributed by atoms with E-state index in [9.17, 15) is 34.5 Å². The van der Waals surface area contributed by atoms with Crippen molar-refractivity contribution in [2.24, 2.45) is 0 Å². The van der Waals surface area contributed by atoms with Crippen molar-refractivity contribution in [1.82, 2.24) is 19.6 Å². The van der Waals surface area contributed by atoms with Crippen LogP contribution in [0.15, 0.2) is 24.3 Å². The van der Waals surface area contributed by atoms with Crippen LogP contribution < -0.4 is 15.3 Å². The number of benzene rings is 1. The fourth-order valence-electron chi connectivity index (χ4n) is 3.77. The summed E-state index contributed by atoms with van der Waals surface area (Å²) in [5.74, 6) is -4.78. The number of nitrogens with zero attached hydrogens (tertiary/aromatic N) is 4. The van der Waals surface area contributed by atoms with Gasteiger partial charge < -0.3 is 34.8 Å². The summed E-state index contributed by atoms with van der Waals surface area (Å²) >= 11 is 0. The van der Waals surface area contributed by atoms with Crippen LogP contribution in [0.25, 0.3) is 0 Å². The maximum Gasteiger partial charge on any atom is 3.00 e. The first-order valence-electron chi connectivity index (χ1n) is 10.9. The van der Waals surface area contributed by atoms with Gasteiger partial charge in [-0.25, -0.2) is 4.79 Å². The molecule has 1 aliphatic heterocycles.